The molecule has 0 saturated heterocycles. The van der Waals surface area contributed by atoms with Crippen molar-refractivity contribution in [3.8, 4) is 0 Å². The number of nitro benzene ring substituents is 1. The number of rotatable bonds is 5. The Morgan fingerprint density at radius 2 is 2.06 bits per heavy atom. The molecule has 3 aromatic rings. The molecule has 12 heteroatoms. The van der Waals surface area contributed by atoms with E-state index in [2.05, 4.69) is 15.8 Å². The summed E-state index contributed by atoms with van der Waals surface area (Å²) in [5.41, 5.74) is 5.32. The maximum Gasteiger partial charge on any atom is 0.270 e. The molecule has 2 amide bonds. The molecule has 0 fully saturated rings. The number of non-ortho nitro benzene ring substituents is 1. The highest BCUT2D eigenvalue weighted by atomic mass is 32.2. The van der Waals surface area contributed by atoms with E-state index in [4.69, 9.17) is 0 Å². The van der Waals surface area contributed by atoms with Gasteiger partial charge in [0.15, 0.2) is 5.16 Å². The molecule has 2 aromatic heterocycles. The standard InChI is InChI=1S/C20H19N5O5S2/c1-24-19(28)16-13-7-2-3-8-14(13)32-18(16)21-20(24)31-10-15(26)22-23-17(27)11-5-4-6-12(9-11)25(29)30/h4-6,9H,2-3,7-8,10H2,1H3,(H,22,26)(H,23,27). The number of amides is 2. The first-order chi connectivity index (χ1) is 15.3. The first kappa shape index (κ1) is 22.0. The minimum Gasteiger partial charge on any atom is -0.290 e. The topological polar surface area (TPSA) is 136 Å². The van der Waals surface area contributed by atoms with E-state index in [0.717, 1.165) is 49.1 Å². The molecule has 0 radical (unpaired) electrons. The molecular weight excluding hydrogens is 454 g/mol. The summed E-state index contributed by atoms with van der Waals surface area (Å²) in [5, 5.41) is 11.9. The maximum absolute atomic E-state index is 12.9. The average molecular weight is 474 g/mol. The van der Waals surface area contributed by atoms with E-state index in [1.165, 1.54) is 27.6 Å². The first-order valence-corrected chi connectivity index (χ1v) is 11.6. The van der Waals surface area contributed by atoms with E-state index in [0.29, 0.717) is 15.4 Å². The lowest BCUT2D eigenvalue weighted by atomic mass is 9.97. The van der Waals surface area contributed by atoms with Crippen LogP contribution in [-0.2, 0) is 24.7 Å². The van der Waals surface area contributed by atoms with Gasteiger partial charge in [-0.3, -0.25) is 39.9 Å². The van der Waals surface area contributed by atoms with Crippen LogP contribution < -0.4 is 16.4 Å². The normalized spacial score (nSPS) is 12.9. The van der Waals surface area contributed by atoms with Crippen molar-refractivity contribution in [2.75, 3.05) is 5.75 Å². The van der Waals surface area contributed by atoms with Crippen LogP contribution in [0.1, 0.15) is 33.6 Å². The van der Waals surface area contributed by atoms with Crippen molar-refractivity contribution in [3.05, 3.63) is 60.7 Å². The molecule has 1 aliphatic rings. The summed E-state index contributed by atoms with van der Waals surface area (Å²) in [6.07, 6.45) is 4.05. The van der Waals surface area contributed by atoms with Crippen molar-refractivity contribution in [1.29, 1.82) is 0 Å². The Balaban J connectivity index is 1.40. The Kier molecular flexibility index (Phi) is 6.24. The van der Waals surface area contributed by atoms with E-state index in [9.17, 15) is 24.5 Å². The lowest BCUT2D eigenvalue weighted by Crippen LogP contribution is -2.42. The second kappa shape index (κ2) is 9.09. The number of hydrogen-bond acceptors (Lipinski definition) is 8. The average Bonchev–Trinajstić information content (AvgIpc) is 3.17. The van der Waals surface area contributed by atoms with Crippen LogP contribution in [0.5, 0.6) is 0 Å². The maximum atomic E-state index is 12.9. The number of thiophene rings is 1. The van der Waals surface area contributed by atoms with Gasteiger partial charge in [-0.25, -0.2) is 4.98 Å². The number of nitrogens with one attached hydrogen (secondary N) is 2. The summed E-state index contributed by atoms with van der Waals surface area (Å²) in [7, 11) is 1.63. The molecule has 0 spiro atoms. The number of carbonyl (C=O) groups is 2. The van der Waals surface area contributed by atoms with Crippen molar-refractivity contribution in [3.63, 3.8) is 0 Å². The van der Waals surface area contributed by atoms with Crippen LogP contribution in [-0.4, -0.2) is 32.0 Å². The molecule has 2 N–H and O–H groups in total. The number of nitro groups is 1. The zero-order valence-electron chi connectivity index (χ0n) is 17.0. The zero-order chi connectivity index (χ0) is 22.8. The third kappa shape index (κ3) is 4.36. The van der Waals surface area contributed by atoms with Gasteiger partial charge in [0.2, 0.25) is 5.91 Å². The number of hydrazine groups is 1. The largest absolute Gasteiger partial charge is 0.290 e. The van der Waals surface area contributed by atoms with Gasteiger partial charge in [-0.2, -0.15) is 0 Å². The lowest BCUT2D eigenvalue weighted by molar-refractivity contribution is -0.384. The second-order valence-corrected chi connectivity index (χ2v) is 9.27. The minimum atomic E-state index is -0.678. The summed E-state index contributed by atoms with van der Waals surface area (Å²) >= 11 is 2.63. The Hall–Kier alpha value is -3.25. The summed E-state index contributed by atoms with van der Waals surface area (Å²) < 4.78 is 1.45. The highest BCUT2D eigenvalue weighted by Gasteiger charge is 2.21. The number of aromatic nitrogens is 2. The molecule has 1 aliphatic carbocycles. The molecule has 0 saturated carbocycles. The van der Waals surface area contributed by atoms with Crippen LogP contribution in [0, 0.1) is 10.1 Å². The molecule has 10 nitrogen and oxygen atoms in total. The SMILES string of the molecule is Cn1c(SCC(=O)NNC(=O)c2cccc([N+](=O)[O-])c2)nc2sc3c(c2c1=O)CCCC3. The predicted octanol–water partition coefficient (Wildman–Crippen LogP) is 2.34. The number of nitrogens with zero attached hydrogens (tertiary/aromatic N) is 3. The van der Waals surface area contributed by atoms with Crippen molar-refractivity contribution in [1.82, 2.24) is 20.4 Å². The molecule has 166 valence electrons. The van der Waals surface area contributed by atoms with Gasteiger partial charge in [-0.1, -0.05) is 17.8 Å². The van der Waals surface area contributed by atoms with E-state index in [1.807, 2.05) is 0 Å². The van der Waals surface area contributed by atoms with Crippen molar-refractivity contribution in [2.24, 2.45) is 7.05 Å². The summed E-state index contributed by atoms with van der Waals surface area (Å²) in [4.78, 5) is 53.9. The van der Waals surface area contributed by atoms with Crippen LogP contribution in [0.4, 0.5) is 5.69 Å². The van der Waals surface area contributed by atoms with Crippen LogP contribution in [0.15, 0.2) is 34.2 Å². The molecule has 32 heavy (non-hydrogen) atoms. The van der Waals surface area contributed by atoms with Gasteiger partial charge in [0.05, 0.1) is 16.1 Å². The molecule has 1 aromatic carbocycles. The van der Waals surface area contributed by atoms with Crippen LogP contribution in [0.25, 0.3) is 10.2 Å². The molecule has 2 heterocycles. The van der Waals surface area contributed by atoms with Crippen LogP contribution in [0.3, 0.4) is 0 Å². The number of fused-ring (bicyclic) bond motifs is 3. The van der Waals surface area contributed by atoms with E-state index in [-0.39, 0.29) is 22.6 Å². The van der Waals surface area contributed by atoms with Gasteiger partial charge in [0.25, 0.3) is 17.2 Å². The van der Waals surface area contributed by atoms with Crippen molar-refractivity contribution >= 4 is 50.8 Å². The Morgan fingerprint density at radius 1 is 1.28 bits per heavy atom. The number of carbonyl (C=O) groups excluding carboxylic acids is 2. The van der Waals surface area contributed by atoms with E-state index >= 15 is 0 Å². The van der Waals surface area contributed by atoms with Gasteiger partial charge in [0.1, 0.15) is 4.83 Å². The van der Waals surface area contributed by atoms with E-state index in [1.54, 1.807) is 18.4 Å². The number of thioether (sulfide) groups is 1. The number of benzene rings is 1. The fourth-order valence-corrected chi connectivity index (χ4v) is 5.60. The fraction of sp³-hybridized carbons (Fsp3) is 0.300. The smallest absolute Gasteiger partial charge is 0.270 e. The molecule has 0 unspecified atom stereocenters. The Labute approximate surface area is 190 Å². The molecule has 0 atom stereocenters. The lowest BCUT2D eigenvalue weighted by Gasteiger charge is -2.11. The number of aryl methyl sites for hydroxylation is 2. The van der Waals surface area contributed by atoms with Crippen LogP contribution in [0.2, 0.25) is 0 Å². The predicted molar refractivity (Wildman–Crippen MR) is 121 cm³/mol. The Morgan fingerprint density at radius 3 is 2.84 bits per heavy atom. The monoisotopic (exact) mass is 473 g/mol. The number of hydrogen-bond donors (Lipinski definition) is 2. The van der Waals surface area contributed by atoms with E-state index < -0.39 is 16.7 Å². The highest BCUT2D eigenvalue weighted by molar-refractivity contribution is 7.99. The second-order valence-electron chi connectivity index (χ2n) is 7.25. The molecule has 4 rings (SSSR count). The van der Waals surface area contributed by atoms with Gasteiger partial charge >= 0.3 is 0 Å². The zero-order valence-corrected chi connectivity index (χ0v) is 18.7. The first-order valence-electron chi connectivity index (χ1n) is 9.83. The summed E-state index contributed by atoms with van der Waals surface area (Å²) in [6.45, 7) is 0. The fourth-order valence-electron chi connectivity index (χ4n) is 3.52. The van der Waals surface area contributed by atoms with Gasteiger partial charge in [-0.05, 0) is 37.3 Å². The third-order valence-electron chi connectivity index (χ3n) is 5.12. The summed E-state index contributed by atoms with van der Waals surface area (Å²) in [6, 6.07) is 5.17. The van der Waals surface area contributed by atoms with Crippen LogP contribution >= 0.6 is 23.1 Å². The highest BCUT2D eigenvalue weighted by Crippen LogP contribution is 2.34. The van der Waals surface area contributed by atoms with Crippen molar-refractivity contribution in [2.45, 2.75) is 30.8 Å². The molecular formula is C20H19N5O5S2. The Bertz CT molecular complexity index is 1300. The summed E-state index contributed by atoms with van der Waals surface area (Å²) in [5.74, 6) is -1.26. The molecule has 0 bridgehead atoms. The quantitative estimate of drug-likeness (QED) is 0.251. The van der Waals surface area contributed by atoms with Crippen molar-refractivity contribution < 1.29 is 14.5 Å². The van der Waals surface area contributed by atoms with Gasteiger partial charge < -0.3 is 0 Å². The molecule has 0 aliphatic heterocycles. The minimum absolute atomic E-state index is 0.0448. The third-order valence-corrected chi connectivity index (χ3v) is 7.34. The van der Waals surface area contributed by atoms with Gasteiger partial charge in [-0.15, -0.1) is 11.3 Å². The van der Waals surface area contributed by atoms with Gasteiger partial charge in [0, 0.05) is 29.6 Å².